The van der Waals surface area contributed by atoms with Gasteiger partial charge in [-0.3, -0.25) is 9.52 Å². The Hall–Kier alpha value is -0.910. The molecule has 8 heavy (non-hydrogen) atoms. The number of hydrogen-bond donors (Lipinski definition) is 3. The van der Waals surface area contributed by atoms with Crippen molar-refractivity contribution in [3.05, 3.63) is 0 Å². The molecule has 2 amide bonds. The quantitative estimate of drug-likeness (QED) is 0.279. The summed E-state index contributed by atoms with van der Waals surface area (Å²) >= 11 is 0.594. The van der Waals surface area contributed by atoms with Crippen LogP contribution in [0.15, 0.2) is 0 Å². The van der Waals surface area contributed by atoms with Gasteiger partial charge in [-0.05, 0) is 0 Å². The summed E-state index contributed by atoms with van der Waals surface area (Å²) in [4.78, 5) is 19.0. The fraction of sp³-hybridized carbons (Fsp3) is 0. The van der Waals surface area contributed by atoms with Crippen LogP contribution in [0.4, 0.5) is 4.79 Å². The second kappa shape index (κ2) is 4.25. The second-order valence-corrected chi connectivity index (χ2v) is 1.39. The highest BCUT2D eigenvalue weighted by Crippen LogP contribution is 1.78. The van der Waals surface area contributed by atoms with Crippen LogP contribution >= 0.6 is 12.1 Å². The minimum absolute atomic E-state index is 0.376. The van der Waals surface area contributed by atoms with Gasteiger partial charge in [0.2, 0.25) is 6.41 Å². The third-order valence-electron chi connectivity index (χ3n) is 0.245. The summed E-state index contributed by atoms with van der Waals surface area (Å²) < 4.78 is 3.86. The molecular weight excluding hydrogens is 132 g/mol. The van der Waals surface area contributed by atoms with Crippen LogP contribution in [-0.4, -0.2) is 17.6 Å². The molecule has 0 aromatic rings. The average Bonchev–Trinajstić information content (AvgIpc) is 1.66. The molecule has 0 saturated carbocycles. The van der Waals surface area contributed by atoms with Gasteiger partial charge in [-0.25, -0.2) is 9.52 Å². The molecule has 3 N–H and O–H groups in total. The van der Waals surface area contributed by atoms with Crippen molar-refractivity contribution in [1.29, 1.82) is 0 Å². The van der Waals surface area contributed by atoms with E-state index in [1.807, 2.05) is 9.44 Å². The van der Waals surface area contributed by atoms with Crippen LogP contribution in [-0.2, 0) is 4.79 Å². The Labute approximate surface area is 49.7 Å². The van der Waals surface area contributed by atoms with Gasteiger partial charge in [-0.1, -0.05) is 0 Å². The zero-order valence-electron chi connectivity index (χ0n) is 3.75. The summed E-state index contributed by atoms with van der Waals surface area (Å²) in [7, 11) is 0. The van der Waals surface area contributed by atoms with Crippen molar-refractivity contribution in [2.45, 2.75) is 0 Å². The van der Waals surface area contributed by atoms with Crippen molar-refractivity contribution in [3.8, 4) is 0 Å². The SMILES string of the molecule is O=CNSNC(=O)O. The van der Waals surface area contributed by atoms with Crippen molar-refractivity contribution in [3.63, 3.8) is 0 Å². The molecule has 0 spiro atoms. The van der Waals surface area contributed by atoms with Crippen molar-refractivity contribution in [1.82, 2.24) is 9.44 Å². The highest BCUT2D eigenvalue weighted by atomic mass is 32.2. The van der Waals surface area contributed by atoms with E-state index in [0.29, 0.717) is 18.5 Å². The fourth-order valence-electron chi connectivity index (χ4n) is 0.0972. The van der Waals surface area contributed by atoms with Gasteiger partial charge in [-0.2, -0.15) is 0 Å². The Morgan fingerprint density at radius 1 is 1.75 bits per heavy atom. The Kier molecular flexibility index (Phi) is 3.77. The predicted octanol–water partition coefficient (Wildman–Crippen LogP) is -0.437. The predicted molar refractivity (Wildman–Crippen MR) is 28.0 cm³/mol. The van der Waals surface area contributed by atoms with E-state index in [-0.39, 0.29) is 0 Å². The molecule has 0 heterocycles. The lowest BCUT2D eigenvalue weighted by atomic mass is 11.3. The lowest BCUT2D eigenvalue weighted by Gasteiger charge is -1.92. The minimum atomic E-state index is -1.19. The maximum atomic E-state index is 9.59. The Morgan fingerprint density at radius 2 is 2.38 bits per heavy atom. The summed E-state index contributed by atoms with van der Waals surface area (Å²) in [6, 6.07) is 0. The van der Waals surface area contributed by atoms with E-state index in [4.69, 9.17) is 5.11 Å². The number of carbonyl (C=O) groups is 2. The van der Waals surface area contributed by atoms with Crippen LogP contribution in [0.3, 0.4) is 0 Å². The van der Waals surface area contributed by atoms with E-state index in [1.165, 1.54) is 0 Å². The van der Waals surface area contributed by atoms with E-state index >= 15 is 0 Å². The van der Waals surface area contributed by atoms with Gasteiger partial charge in [0.25, 0.3) is 0 Å². The molecule has 46 valence electrons. The number of hydrogen-bond acceptors (Lipinski definition) is 3. The van der Waals surface area contributed by atoms with E-state index in [9.17, 15) is 9.59 Å². The summed E-state index contributed by atoms with van der Waals surface area (Å²) in [6.45, 7) is 0. The molecule has 5 nitrogen and oxygen atoms in total. The van der Waals surface area contributed by atoms with Crippen molar-refractivity contribution < 1.29 is 14.7 Å². The summed E-state index contributed by atoms with van der Waals surface area (Å²) in [6.07, 6.45) is -0.815. The molecule has 0 aliphatic heterocycles. The van der Waals surface area contributed by atoms with Gasteiger partial charge in [0.1, 0.15) is 0 Å². The zero-order valence-corrected chi connectivity index (χ0v) is 4.57. The summed E-state index contributed by atoms with van der Waals surface area (Å²) in [5.74, 6) is 0. The van der Waals surface area contributed by atoms with Gasteiger partial charge >= 0.3 is 6.09 Å². The second-order valence-electron chi connectivity index (χ2n) is 0.745. The molecule has 0 rings (SSSR count). The normalized spacial score (nSPS) is 7.50. The van der Waals surface area contributed by atoms with Crippen molar-refractivity contribution >= 4 is 24.6 Å². The smallest absolute Gasteiger partial charge is 0.416 e. The first-order valence-corrected chi connectivity index (χ1v) is 2.43. The highest BCUT2D eigenvalue weighted by Gasteiger charge is 1.89. The van der Waals surface area contributed by atoms with Crippen molar-refractivity contribution in [2.75, 3.05) is 0 Å². The number of carbonyl (C=O) groups excluding carboxylic acids is 1. The Bertz CT molecular complexity index is 95.3. The Morgan fingerprint density at radius 3 is 2.75 bits per heavy atom. The van der Waals surface area contributed by atoms with Crippen LogP contribution in [0, 0.1) is 0 Å². The largest absolute Gasteiger partial charge is 0.464 e. The first-order chi connectivity index (χ1) is 3.77. The lowest BCUT2D eigenvalue weighted by molar-refractivity contribution is -0.107. The molecule has 0 aliphatic rings. The number of nitrogens with one attached hydrogen (secondary N) is 2. The van der Waals surface area contributed by atoms with E-state index in [2.05, 4.69) is 0 Å². The minimum Gasteiger partial charge on any atom is -0.464 e. The average molecular weight is 136 g/mol. The summed E-state index contributed by atoms with van der Waals surface area (Å²) in [5.41, 5.74) is 0. The molecule has 0 radical (unpaired) electrons. The maximum Gasteiger partial charge on any atom is 0.416 e. The molecular formula is C2H4N2O3S. The number of amides is 2. The van der Waals surface area contributed by atoms with Gasteiger partial charge < -0.3 is 5.11 Å². The number of carboxylic acid groups (broad SMARTS) is 1. The van der Waals surface area contributed by atoms with Gasteiger partial charge in [0.15, 0.2) is 0 Å². The Balaban J connectivity index is 2.93. The van der Waals surface area contributed by atoms with Gasteiger partial charge in [-0.15, -0.1) is 0 Å². The molecule has 0 bridgehead atoms. The third-order valence-corrected chi connectivity index (χ3v) is 0.736. The number of rotatable bonds is 3. The molecule has 0 saturated heterocycles. The standard InChI is InChI=1S/C2H4N2O3S/c5-1-3-8-4-2(6)7/h1,4H,(H,3,5)(H,6,7). The molecule has 6 heteroatoms. The molecule has 0 aliphatic carbocycles. The van der Waals surface area contributed by atoms with Crippen LogP contribution in [0.2, 0.25) is 0 Å². The molecule has 0 fully saturated rings. The van der Waals surface area contributed by atoms with Gasteiger partial charge in [0.05, 0.1) is 12.1 Å². The van der Waals surface area contributed by atoms with Crippen LogP contribution < -0.4 is 9.44 Å². The zero-order chi connectivity index (χ0) is 6.41. The molecule has 0 aromatic carbocycles. The highest BCUT2D eigenvalue weighted by molar-refractivity contribution is 7.96. The first-order valence-electron chi connectivity index (χ1n) is 1.61. The van der Waals surface area contributed by atoms with Gasteiger partial charge in [0, 0.05) is 0 Å². The topological polar surface area (TPSA) is 78.4 Å². The lowest BCUT2D eigenvalue weighted by Crippen LogP contribution is -2.17. The third kappa shape index (κ3) is 5.09. The van der Waals surface area contributed by atoms with Crippen molar-refractivity contribution in [2.24, 2.45) is 0 Å². The van der Waals surface area contributed by atoms with Crippen LogP contribution in [0.25, 0.3) is 0 Å². The fourth-order valence-corrected chi connectivity index (χ4v) is 0.292. The molecule has 0 atom stereocenters. The monoisotopic (exact) mass is 136 g/mol. The van der Waals surface area contributed by atoms with E-state index in [1.54, 1.807) is 0 Å². The van der Waals surface area contributed by atoms with Crippen LogP contribution in [0.5, 0.6) is 0 Å². The summed E-state index contributed by atoms with van der Waals surface area (Å²) in [5, 5.41) is 7.85. The van der Waals surface area contributed by atoms with E-state index in [0.717, 1.165) is 0 Å². The molecule has 0 unspecified atom stereocenters. The maximum absolute atomic E-state index is 9.59. The van der Waals surface area contributed by atoms with E-state index < -0.39 is 6.09 Å². The molecule has 0 aromatic heterocycles. The first kappa shape index (κ1) is 7.09. The van der Waals surface area contributed by atoms with Crippen LogP contribution in [0.1, 0.15) is 0 Å².